The summed E-state index contributed by atoms with van der Waals surface area (Å²) in [5.41, 5.74) is 12.1. The summed E-state index contributed by atoms with van der Waals surface area (Å²) in [5.74, 6) is 2.73. The molecule has 8 nitrogen and oxygen atoms in total. The number of hydrogen-bond acceptors (Lipinski definition) is 4. The van der Waals surface area contributed by atoms with Gasteiger partial charge in [0.1, 0.15) is 0 Å². The number of hydrogen-bond donors (Lipinski definition) is 6. The Morgan fingerprint density at radius 2 is 0.773 bits per heavy atom. The van der Waals surface area contributed by atoms with Crippen LogP contribution in [0.4, 0.5) is 0 Å². The zero-order chi connectivity index (χ0) is 27.6. The molecule has 0 radical (unpaired) electrons. The predicted molar refractivity (Wildman–Crippen MR) is 217 cm³/mol. The molecule has 2 aliphatic rings. The van der Waals surface area contributed by atoms with Gasteiger partial charge in [-0.1, -0.05) is 78.1 Å². The maximum atomic E-state index is 6.04. The molecule has 0 amide bonds. The van der Waals surface area contributed by atoms with Crippen LogP contribution in [-0.4, -0.2) is 64.3 Å². The van der Waals surface area contributed by atoms with Crippen LogP contribution in [0, 0.1) is 11.8 Å². The lowest BCUT2D eigenvalue weighted by molar-refractivity contribution is 0.471. The van der Waals surface area contributed by atoms with Gasteiger partial charge in [-0.2, -0.15) is 0 Å². The van der Waals surface area contributed by atoms with Gasteiger partial charge in [0, 0.05) is 26.2 Å². The van der Waals surface area contributed by atoms with Crippen molar-refractivity contribution in [2.75, 3.05) is 52.4 Å². The first kappa shape index (κ1) is 51.2. The van der Waals surface area contributed by atoms with E-state index in [1.807, 2.05) is 0 Å². The number of guanidine groups is 2. The van der Waals surface area contributed by atoms with Gasteiger partial charge in [-0.3, -0.25) is 9.98 Å². The zero-order valence-corrected chi connectivity index (χ0v) is 33.8. The first-order valence-electron chi connectivity index (χ1n) is 16.7. The van der Waals surface area contributed by atoms with E-state index in [0.29, 0.717) is 11.9 Å². The van der Waals surface area contributed by atoms with Crippen LogP contribution in [0.15, 0.2) is 9.98 Å². The molecule has 2 aliphatic carbocycles. The average Bonchev–Trinajstić information content (AvgIpc) is 3.38. The van der Waals surface area contributed by atoms with Crippen LogP contribution in [0.2, 0.25) is 0 Å². The summed E-state index contributed by atoms with van der Waals surface area (Å²) in [6, 6.07) is 0. The third-order valence-electron chi connectivity index (χ3n) is 8.37. The maximum absolute atomic E-state index is 6.04. The van der Waals surface area contributed by atoms with Gasteiger partial charge in [0.05, 0.1) is 0 Å². The van der Waals surface area contributed by atoms with Gasteiger partial charge in [-0.15, -0.1) is 67.9 Å². The normalized spacial score (nSPS) is 16.5. The first-order valence-corrected chi connectivity index (χ1v) is 16.7. The molecule has 8 N–H and O–H groups in total. The van der Waals surface area contributed by atoms with Crippen LogP contribution in [-0.2, 0) is 0 Å². The second-order valence-corrected chi connectivity index (χ2v) is 12.0. The standard InChI is InChI=1S/C31H64N8.CH4.4BrH/c32-30(38-26-28-16-8-2-3-9-17-28)36-24-14-22-34-20-12-6-1-7-13-21-35-23-15-25-37-31(33)39-27-29-18-10-4-5-11-19-29;;;;;/h28-29,34-35H,1-27H2,(H3,32,36,38)(H3,33,37,39);1H4;4*1H. The molecule has 0 aromatic carbocycles. The zero-order valence-electron chi connectivity index (χ0n) is 26.9. The van der Waals surface area contributed by atoms with Gasteiger partial charge in [0.2, 0.25) is 0 Å². The van der Waals surface area contributed by atoms with Crippen LogP contribution in [0.1, 0.15) is 129 Å². The van der Waals surface area contributed by atoms with Gasteiger partial charge in [0.15, 0.2) is 11.9 Å². The molecular weight excluding hydrogens is 816 g/mol. The SMILES string of the molecule is Br.Br.Br.Br.C.NC(=NCC1CCCCCC1)NCCCNCCCCCCCNCCCNC(N)=NCC1CCCCCC1. The Morgan fingerprint density at radius 1 is 0.455 bits per heavy atom. The summed E-state index contributed by atoms with van der Waals surface area (Å²) in [6.45, 7) is 7.91. The molecule has 0 bridgehead atoms. The third kappa shape index (κ3) is 31.0. The fourth-order valence-electron chi connectivity index (χ4n) is 5.80. The van der Waals surface area contributed by atoms with Crippen LogP contribution in [0.25, 0.3) is 0 Å². The van der Waals surface area contributed by atoms with Crippen molar-refractivity contribution in [3.63, 3.8) is 0 Å². The molecule has 12 heteroatoms. The molecule has 268 valence electrons. The number of unbranched alkanes of at least 4 members (excludes halogenated alkanes) is 4. The Morgan fingerprint density at radius 3 is 1.14 bits per heavy atom. The van der Waals surface area contributed by atoms with E-state index < -0.39 is 0 Å². The largest absolute Gasteiger partial charge is 0.370 e. The van der Waals surface area contributed by atoms with Crippen molar-refractivity contribution in [1.82, 2.24) is 21.3 Å². The smallest absolute Gasteiger partial charge is 0.188 e. The minimum atomic E-state index is 0. The van der Waals surface area contributed by atoms with E-state index in [0.717, 1.165) is 77.0 Å². The van der Waals surface area contributed by atoms with Crippen molar-refractivity contribution < 1.29 is 0 Å². The summed E-state index contributed by atoms with van der Waals surface area (Å²) in [7, 11) is 0. The van der Waals surface area contributed by atoms with E-state index in [-0.39, 0.29) is 75.4 Å². The Hall–Kier alpha value is 0.380. The van der Waals surface area contributed by atoms with Crippen molar-refractivity contribution in [2.45, 2.75) is 129 Å². The molecule has 2 rings (SSSR count). The summed E-state index contributed by atoms with van der Waals surface area (Å²) in [6.07, 6.45) is 25.0. The lowest BCUT2D eigenvalue weighted by Crippen LogP contribution is -2.34. The monoisotopic (exact) mass is 884 g/mol. The minimum Gasteiger partial charge on any atom is -0.370 e. The van der Waals surface area contributed by atoms with Gasteiger partial charge < -0.3 is 32.7 Å². The van der Waals surface area contributed by atoms with Crippen molar-refractivity contribution in [3.8, 4) is 0 Å². The van der Waals surface area contributed by atoms with E-state index in [1.54, 1.807) is 0 Å². The predicted octanol–water partition coefficient (Wildman–Crippen LogP) is 7.59. The van der Waals surface area contributed by atoms with Crippen molar-refractivity contribution in [1.29, 1.82) is 0 Å². The van der Waals surface area contributed by atoms with Crippen molar-refractivity contribution in [3.05, 3.63) is 0 Å². The van der Waals surface area contributed by atoms with Crippen molar-refractivity contribution >= 4 is 79.8 Å². The summed E-state index contributed by atoms with van der Waals surface area (Å²) in [4.78, 5) is 9.14. The van der Waals surface area contributed by atoms with E-state index in [2.05, 4.69) is 31.3 Å². The highest BCUT2D eigenvalue weighted by atomic mass is 79.9. The van der Waals surface area contributed by atoms with E-state index in [4.69, 9.17) is 11.5 Å². The van der Waals surface area contributed by atoms with Crippen LogP contribution < -0.4 is 32.7 Å². The second kappa shape index (κ2) is 37.8. The number of halogens is 4. The van der Waals surface area contributed by atoms with Gasteiger partial charge in [-0.05, 0) is 89.4 Å². The number of nitrogens with two attached hydrogens (primary N) is 2. The number of nitrogens with one attached hydrogen (secondary N) is 4. The second-order valence-electron chi connectivity index (χ2n) is 12.0. The quantitative estimate of drug-likeness (QED) is 0.0324. The molecule has 2 saturated carbocycles. The number of aliphatic imine (C=N–C) groups is 2. The van der Waals surface area contributed by atoms with E-state index in [1.165, 1.54) is 109 Å². The number of rotatable bonds is 20. The number of nitrogens with zero attached hydrogens (tertiary/aromatic N) is 2. The van der Waals surface area contributed by atoms with Crippen LogP contribution >= 0.6 is 67.9 Å². The van der Waals surface area contributed by atoms with Crippen LogP contribution in [0.5, 0.6) is 0 Å². The van der Waals surface area contributed by atoms with Gasteiger partial charge in [-0.25, -0.2) is 0 Å². The molecule has 0 spiro atoms. The minimum absolute atomic E-state index is 0. The summed E-state index contributed by atoms with van der Waals surface area (Å²) >= 11 is 0. The highest BCUT2D eigenvalue weighted by Crippen LogP contribution is 2.23. The molecular formula is C32H72Br4N8. The molecule has 0 saturated heterocycles. The molecule has 0 atom stereocenters. The molecule has 0 aliphatic heterocycles. The first-order chi connectivity index (χ1) is 19.2. The van der Waals surface area contributed by atoms with Crippen LogP contribution in [0.3, 0.4) is 0 Å². The molecule has 2 fully saturated rings. The Balaban J connectivity index is -0.00000160. The highest BCUT2D eigenvalue weighted by Gasteiger charge is 2.12. The summed E-state index contributed by atoms with van der Waals surface area (Å²) < 4.78 is 0. The van der Waals surface area contributed by atoms with Gasteiger partial charge >= 0.3 is 0 Å². The third-order valence-corrected chi connectivity index (χ3v) is 8.37. The fourth-order valence-corrected chi connectivity index (χ4v) is 5.80. The van der Waals surface area contributed by atoms with Gasteiger partial charge in [0.25, 0.3) is 0 Å². The molecule has 0 heterocycles. The molecule has 0 aromatic heterocycles. The average molecular weight is 889 g/mol. The maximum Gasteiger partial charge on any atom is 0.188 e. The fraction of sp³-hybridized carbons (Fsp3) is 0.938. The lowest BCUT2D eigenvalue weighted by Gasteiger charge is -2.12. The van der Waals surface area contributed by atoms with E-state index >= 15 is 0 Å². The summed E-state index contributed by atoms with van der Waals surface area (Å²) in [5, 5.41) is 13.7. The lowest BCUT2D eigenvalue weighted by atomic mass is 10.0. The molecule has 0 unspecified atom stereocenters. The molecule has 44 heavy (non-hydrogen) atoms. The van der Waals surface area contributed by atoms with Crippen molar-refractivity contribution in [2.24, 2.45) is 33.3 Å². The topological polar surface area (TPSA) is 125 Å². The highest BCUT2D eigenvalue weighted by molar-refractivity contribution is 8.93. The Bertz CT molecular complexity index is 575. The molecule has 0 aromatic rings. The Kier molecular flexibility index (Phi) is 44.0. The Labute approximate surface area is 314 Å². The van der Waals surface area contributed by atoms with E-state index in [9.17, 15) is 0 Å².